The Labute approximate surface area is 160 Å². The molecule has 0 aliphatic carbocycles. The van der Waals surface area contributed by atoms with E-state index in [2.05, 4.69) is 10.3 Å². The average Bonchev–Trinajstić information content (AvgIpc) is 3.03. The number of rotatable bonds is 5. The summed E-state index contributed by atoms with van der Waals surface area (Å²) >= 11 is 7.21. The van der Waals surface area contributed by atoms with Crippen LogP contribution in [0.4, 0.5) is 5.13 Å². The van der Waals surface area contributed by atoms with Crippen LogP contribution in [-0.2, 0) is 21.1 Å². The minimum absolute atomic E-state index is 0.139. The molecule has 0 fully saturated rings. The van der Waals surface area contributed by atoms with Gasteiger partial charge in [-0.1, -0.05) is 35.9 Å². The van der Waals surface area contributed by atoms with Crippen molar-refractivity contribution in [2.45, 2.75) is 11.3 Å². The topological polar surface area (TPSA) is 76.1 Å². The Morgan fingerprint density at radius 3 is 2.38 bits per heavy atom. The van der Waals surface area contributed by atoms with E-state index in [0.717, 1.165) is 23.1 Å². The van der Waals surface area contributed by atoms with Gasteiger partial charge in [0.15, 0.2) is 15.0 Å². The molecule has 1 N–H and O–H groups in total. The minimum Gasteiger partial charge on any atom is -0.302 e. The molecule has 0 unspecified atom stereocenters. The Bertz CT molecular complexity index is 1030. The molecular formula is C18H15ClN2O3S2. The van der Waals surface area contributed by atoms with Gasteiger partial charge < -0.3 is 5.32 Å². The number of nitrogens with one attached hydrogen (secondary N) is 1. The standard InChI is InChI=1S/C18H15ClN2O3S2/c1-26(23,24)15-8-2-12(3-9-15)10-17(22)21-18-20-16(11-25-18)13-4-6-14(19)7-5-13/h2-9,11H,10H2,1H3,(H,20,21,22). The van der Waals surface area contributed by atoms with Crippen LogP contribution in [0, 0.1) is 0 Å². The number of nitrogens with zero attached hydrogens (tertiary/aromatic N) is 1. The summed E-state index contributed by atoms with van der Waals surface area (Å²) < 4.78 is 22.9. The molecule has 5 nitrogen and oxygen atoms in total. The number of carbonyl (C=O) groups is 1. The van der Waals surface area contributed by atoms with Crippen molar-refractivity contribution in [1.82, 2.24) is 4.98 Å². The van der Waals surface area contributed by atoms with Crippen molar-refractivity contribution in [3.05, 3.63) is 64.5 Å². The van der Waals surface area contributed by atoms with Crippen LogP contribution >= 0.6 is 22.9 Å². The summed E-state index contributed by atoms with van der Waals surface area (Å²) in [5.41, 5.74) is 2.41. The first-order chi connectivity index (χ1) is 12.3. The number of sulfone groups is 1. The van der Waals surface area contributed by atoms with E-state index in [1.54, 1.807) is 24.3 Å². The monoisotopic (exact) mass is 406 g/mol. The lowest BCUT2D eigenvalue weighted by atomic mass is 10.1. The van der Waals surface area contributed by atoms with E-state index in [0.29, 0.717) is 10.2 Å². The maximum atomic E-state index is 12.2. The van der Waals surface area contributed by atoms with E-state index in [1.165, 1.54) is 23.5 Å². The predicted octanol–water partition coefficient (Wildman–Crippen LogP) is 4.05. The molecule has 26 heavy (non-hydrogen) atoms. The lowest BCUT2D eigenvalue weighted by Gasteiger charge is -2.03. The summed E-state index contributed by atoms with van der Waals surface area (Å²) in [4.78, 5) is 16.8. The first-order valence-electron chi connectivity index (χ1n) is 7.61. The van der Waals surface area contributed by atoms with Crippen LogP contribution in [0.15, 0.2) is 58.8 Å². The number of anilines is 1. The van der Waals surface area contributed by atoms with Gasteiger partial charge in [-0.3, -0.25) is 4.79 Å². The van der Waals surface area contributed by atoms with E-state index in [4.69, 9.17) is 11.6 Å². The molecule has 0 aliphatic rings. The van der Waals surface area contributed by atoms with E-state index in [9.17, 15) is 13.2 Å². The second-order valence-corrected chi connectivity index (χ2v) is 9.00. The number of thiazole rings is 1. The minimum atomic E-state index is -3.24. The predicted molar refractivity (Wildman–Crippen MR) is 104 cm³/mol. The van der Waals surface area contributed by atoms with Gasteiger partial charge in [-0.15, -0.1) is 11.3 Å². The zero-order chi connectivity index (χ0) is 18.7. The van der Waals surface area contributed by atoms with Gasteiger partial charge in [0.25, 0.3) is 0 Å². The first-order valence-corrected chi connectivity index (χ1v) is 10.8. The Balaban J connectivity index is 1.64. The van der Waals surface area contributed by atoms with Gasteiger partial charge in [0.05, 0.1) is 17.0 Å². The summed E-state index contributed by atoms with van der Waals surface area (Å²) in [5.74, 6) is -0.214. The lowest BCUT2D eigenvalue weighted by Crippen LogP contribution is -2.14. The average molecular weight is 407 g/mol. The van der Waals surface area contributed by atoms with Gasteiger partial charge in [0.2, 0.25) is 5.91 Å². The molecule has 3 aromatic rings. The fraction of sp³-hybridized carbons (Fsp3) is 0.111. The fourth-order valence-corrected chi connectivity index (χ4v) is 3.78. The van der Waals surface area contributed by atoms with Crippen LogP contribution in [0.2, 0.25) is 5.02 Å². The number of benzene rings is 2. The van der Waals surface area contributed by atoms with Crippen molar-refractivity contribution in [2.75, 3.05) is 11.6 Å². The SMILES string of the molecule is CS(=O)(=O)c1ccc(CC(=O)Nc2nc(-c3ccc(Cl)cc3)cs2)cc1. The number of hydrogen-bond acceptors (Lipinski definition) is 5. The molecular weight excluding hydrogens is 392 g/mol. The highest BCUT2D eigenvalue weighted by Gasteiger charge is 2.11. The van der Waals surface area contributed by atoms with Crippen LogP contribution in [0.1, 0.15) is 5.56 Å². The Morgan fingerprint density at radius 2 is 1.77 bits per heavy atom. The largest absolute Gasteiger partial charge is 0.302 e. The highest BCUT2D eigenvalue weighted by Crippen LogP contribution is 2.26. The molecule has 1 aromatic heterocycles. The van der Waals surface area contributed by atoms with E-state index in [-0.39, 0.29) is 17.2 Å². The summed E-state index contributed by atoms with van der Waals surface area (Å²) in [7, 11) is -3.24. The molecule has 0 spiro atoms. The smallest absolute Gasteiger partial charge is 0.230 e. The van der Waals surface area contributed by atoms with Gasteiger partial charge >= 0.3 is 0 Å². The van der Waals surface area contributed by atoms with Crippen LogP contribution in [-0.4, -0.2) is 25.6 Å². The number of hydrogen-bond donors (Lipinski definition) is 1. The zero-order valence-corrected chi connectivity index (χ0v) is 16.2. The first kappa shape index (κ1) is 18.6. The van der Waals surface area contributed by atoms with Gasteiger partial charge in [-0.05, 0) is 29.8 Å². The third kappa shape index (κ3) is 4.69. The highest BCUT2D eigenvalue weighted by molar-refractivity contribution is 7.90. The number of aromatic nitrogens is 1. The Kier molecular flexibility index (Phi) is 5.41. The molecule has 0 aliphatic heterocycles. The molecule has 0 saturated carbocycles. The maximum Gasteiger partial charge on any atom is 0.230 e. The molecule has 3 rings (SSSR count). The molecule has 2 aromatic carbocycles. The molecule has 1 amide bonds. The summed E-state index contributed by atoms with van der Waals surface area (Å²) in [6, 6.07) is 13.6. The third-order valence-corrected chi connectivity index (χ3v) is 5.74. The normalized spacial score (nSPS) is 11.3. The lowest BCUT2D eigenvalue weighted by molar-refractivity contribution is -0.115. The van der Waals surface area contributed by atoms with E-state index in [1.807, 2.05) is 17.5 Å². The molecule has 0 saturated heterocycles. The van der Waals surface area contributed by atoms with Gasteiger partial charge in [-0.25, -0.2) is 13.4 Å². The summed E-state index contributed by atoms with van der Waals surface area (Å²) in [5, 5.41) is 5.78. The van der Waals surface area contributed by atoms with Crippen molar-refractivity contribution in [3.63, 3.8) is 0 Å². The van der Waals surface area contributed by atoms with E-state index >= 15 is 0 Å². The fourth-order valence-electron chi connectivity index (χ4n) is 2.29. The van der Waals surface area contributed by atoms with Gasteiger partial charge in [-0.2, -0.15) is 0 Å². The number of carbonyl (C=O) groups excluding carboxylic acids is 1. The molecule has 0 bridgehead atoms. The molecule has 0 atom stereocenters. The summed E-state index contributed by atoms with van der Waals surface area (Å²) in [6.45, 7) is 0. The number of amides is 1. The molecule has 134 valence electrons. The molecule has 1 heterocycles. The van der Waals surface area contributed by atoms with Crippen molar-refractivity contribution >= 4 is 43.8 Å². The van der Waals surface area contributed by atoms with Crippen LogP contribution < -0.4 is 5.32 Å². The van der Waals surface area contributed by atoms with Gasteiger partial charge in [0.1, 0.15) is 0 Å². The second kappa shape index (κ2) is 7.57. The number of halogens is 1. The van der Waals surface area contributed by atoms with Crippen molar-refractivity contribution in [2.24, 2.45) is 0 Å². The van der Waals surface area contributed by atoms with Crippen molar-refractivity contribution in [1.29, 1.82) is 0 Å². The quantitative estimate of drug-likeness (QED) is 0.693. The zero-order valence-electron chi connectivity index (χ0n) is 13.8. The van der Waals surface area contributed by atoms with Crippen LogP contribution in [0.5, 0.6) is 0 Å². The Hall–Kier alpha value is -2.22. The van der Waals surface area contributed by atoms with E-state index < -0.39 is 9.84 Å². The molecule has 0 radical (unpaired) electrons. The summed E-state index contributed by atoms with van der Waals surface area (Å²) in [6.07, 6.45) is 1.29. The van der Waals surface area contributed by atoms with Crippen molar-refractivity contribution in [3.8, 4) is 11.3 Å². The second-order valence-electron chi connectivity index (χ2n) is 5.69. The third-order valence-electron chi connectivity index (χ3n) is 3.61. The Morgan fingerprint density at radius 1 is 1.12 bits per heavy atom. The van der Waals surface area contributed by atoms with Crippen molar-refractivity contribution < 1.29 is 13.2 Å². The van der Waals surface area contributed by atoms with Crippen LogP contribution in [0.3, 0.4) is 0 Å². The van der Waals surface area contributed by atoms with Crippen LogP contribution in [0.25, 0.3) is 11.3 Å². The van der Waals surface area contributed by atoms with Gasteiger partial charge in [0, 0.05) is 22.2 Å². The molecule has 8 heteroatoms. The maximum absolute atomic E-state index is 12.2. The highest BCUT2D eigenvalue weighted by atomic mass is 35.5.